The Labute approximate surface area is 165 Å². The van der Waals surface area contributed by atoms with Crippen LogP contribution in [-0.4, -0.2) is 40.7 Å². The molecule has 1 N–H and O–H groups in total. The highest BCUT2D eigenvalue weighted by Gasteiger charge is 2.21. The summed E-state index contributed by atoms with van der Waals surface area (Å²) in [5.74, 6) is 0.542. The summed E-state index contributed by atoms with van der Waals surface area (Å²) in [5, 5.41) is 9.15. The van der Waals surface area contributed by atoms with Crippen LogP contribution < -0.4 is 5.32 Å². The third-order valence-electron chi connectivity index (χ3n) is 5.69. The van der Waals surface area contributed by atoms with Crippen molar-refractivity contribution in [2.45, 2.75) is 38.6 Å². The number of hydrogen-bond acceptors (Lipinski definition) is 4. The number of likely N-dealkylation sites (N-methyl/N-ethyl adjacent to an activating group) is 1. The van der Waals surface area contributed by atoms with E-state index in [9.17, 15) is 4.79 Å². The van der Waals surface area contributed by atoms with Crippen LogP contribution in [0, 0.1) is 6.92 Å². The first kappa shape index (κ1) is 18.7. The fraction of sp³-hybridized carbons (Fsp3) is 0.455. The Morgan fingerprint density at radius 2 is 2.25 bits per heavy atom. The Morgan fingerprint density at radius 1 is 1.39 bits per heavy atom. The minimum Gasteiger partial charge on any atom is -0.464 e. The molecule has 1 atom stereocenters. The quantitative estimate of drug-likeness (QED) is 0.739. The van der Waals surface area contributed by atoms with E-state index in [2.05, 4.69) is 11.4 Å². The van der Waals surface area contributed by atoms with E-state index >= 15 is 0 Å². The van der Waals surface area contributed by atoms with Gasteiger partial charge in [0, 0.05) is 37.5 Å². The molecule has 28 heavy (non-hydrogen) atoms. The van der Waals surface area contributed by atoms with Crippen LogP contribution in [0.5, 0.6) is 0 Å². The Bertz CT molecular complexity index is 982. The van der Waals surface area contributed by atoms with Crippen LogP contribution in [0.3, 0.4) is 0 Å². The van der Waals surface area contributed by atoms with Gasteiger partial charge in [-0.25, -0.2) is 0 Å². The molecule has 1 aromatic carbocycles. The molecule has 0 saturated carbocycles. The number of carbonyl (C=O) groups is 1. The summed E-state index contributed by atoms with van der Waals surface area (Å²) in [6.07, 6.45) is 4.40. The molecule has 3 heterocycles. The number of nitrogens with one attached hydrogen (secondary N) is 1. The lowest BCUT2D eigenvalue weighted by molar-refractivity contribution is -0.129. The second kappa shape index (κ2) is 7.80. The van der Waals surface area contributed by atoms with Crippen LogP contribution in [0.2, 0.25) is 0 Å². The number of aryl methyl sites for hydroxylation is 2. The summed E-state index contributed by atoms with van der Waals surface area (Å²) in [7, 11) is 3.81. The van der Waals surface area contributed by atoms with Gasteiger partial charge in [-0.2, -0.15) is 5.10 Å². The number of aromatic nitrogens is 2. The van der Waals surface area contributed by atoms with Crippen molar-refractivity contribution in [2.24, 2.45) is 7.05 Å². The molecule has 2 aromatic heterocycles. The number of carbonyl (C=O) groups excluding carboxylic acids is 1. The molecule has 0 unspecified atom stereocenters. The van der Waals surface area contributed by atoms with E-state index in [0.717, 1.165) is 46.6 Å². The van der Waals surface area contributed by atoms with Crippen molar-refractivity contribution >= 4 is 16.9 Å². The summed E-state index contributed by atoms with van der Waals surface area (Å²) >= 11 is 0. The zero-order chi connectivity index (χ0) is 19.7. The second-order valence-electron chi connectivity index (χ2n) is 7.91. The highest BCUT2D eigenvalue weighted by Crippen LogP contribution is 2.24. The van der Waals surface area contributed by atoms with Gasteiger partial charge in [0.25, 0.3) is 0 Å². The van der Waals surface area contributed by atoms with Gasteiger partial charge >= 0.3 is 0 Å². The topological polar surface area (TPSA) is 63.3 Å². The third-order valence-corrected chi connectivity index (χ3v) is 5.69. The third kappa shape index (κ3) is 3.83. The van der Waals surface area contributed by atoms with Gasteiger partial charge in [0.15, 0.2) is 0 Å². The number of rotatable bonds is 5. The molecule has 148 valence electrons. The summed E-state index contributed by atoms with van der Waals surface area (Å²) in [4.78, 5) is 14.6. The van der Waals surface area contributed by atoms with Gasteiger partial charge < -0.3 is 14.6 Å². The zero-order valence-electron chi connectivity index (χ0n) is 16.9. The number of fused-ring (bicyclic) bond motifs is 1. The summed E-state index contributed by atoms with van der Waals surface area (Å²) in [6.45, 7) is 4.66. The van der Waals surface area contributed by atoms with E-state index in [0.29, 0.717) is 18.9 Å². The highest BCUT2D eigenvalue weighted by molar-refractivity contribution is 5.87. The van der Waals surface area contributed by atoms with Crippen molar-refractivity contribution in [1.82, 2.24) is 20.0 Å². The van der Waals surface area contributed by atoms with Gasteiger partial charge in [-0.15, -0.1) is 0 Å². The lowest BCUT2D eigenvalue weighted by atomic mass is 9.96. The predicted molar refractivity (Wildman–Crippen MR) is 109 cm³/mol. The van der Waals surface area contributed by atoms with Crippen LogP contribution >= 0.6 is 0 Å². The molecular weight excluding hydrogens is 352 g/mol. The Kier molecular flexibility index (Phi) is 5.22. The average Bonchev–Trinajstić information content (AvgIpc) is 3.25. The van der Waals surface area contributed by atoms with Crippen LogP contribution in [0.25, 0.3) is 11.0 Å². The lowest BCUT2D eigenvalue weighted by Gasteiger charge is -2.20. The number of amides is 1. The van der Waals surface area contributed by atoms with Gasteiger partial charge in [0.1, 0.15) is 5.58 Å². The number of furan rings is 1. The minimum absolute atomic E-state index is 0.0744. The van der Waals surface area contributed by atoms with E-state index < -0.39 is 0 Å². The molecule has 0 radical (unpaired) electrons. The van der Waals surface area contributed by atoms with Crippen LogP contribution in [-0.2, 0) is 24.8 Å². The van der Waals surface area contributed by atoms with Crippen molar-refractivity contribution in [1.29, 1.82) is 0 Å². The highest BCUT2D eigenvalue weighted by atomic mass is 16.3. The number of benzene rings is 1. The van der Waals surface area contributed by atoms with E-state index in [4.69, 9.17) is 9.52 Å². The molecule has 6 nitrogen and oxygen atoms in total. The van der Waals surface area contributed by atoms with Gasteiger partial charge in [0.05, 0.1) is 30.6 Å². The van der Waals surface area contributed by atoms with Gasteiger partial charge in [0.2, 0.25) is 5.91 Å². The Balaban J connectivity index is 1.43. The minimum atomic E-state index is 0.0744. The molecule has 3 aromatic rings. The van der Waals surface area contributed by atoms with Gasteiger partial charge in [-0.1, -0.05) is 12.1 Å². The second-order valence-corrected chi connectivity index (χ2v) is 7.91. The zero-order valence-corrected chi connectivity index (χ0v) is 16.9. The largest absolute Gasteiger partial charge is 0.464 e. The summed E-state index contributed by atoms with van der Waals surface area (Å²) in [6, 6.07) is 8.23. The first-order chi connectivity index (χ1) is 13.5. The molecule has 1 aliphatic rings. The molecule has 6 heteroatoms. The fourth-order valence-corrected chi connectivity index (χ4v) is 3.94. The molecule has 1 aliphatic heterocycles. The van der Waals surface area contributed by atoms with E-state index in [-0.39, 0.29) is 5.91 Å². The number of piperidine rings is 1. The molecule has 1 amide bonds. The monoisotopic (exact) mass is 380 g/mol. The molecular formula is C22H28N4O2. The Morgan fingerprint density at radius 3 is 3.04 bits per heavy atom. The van der Waals surface area contributed by atoms with Crippen molar-refractivity contribution in [2.75, 3.05) is 20.1 Å². The molecule has 0 aliphatic carbocycles. The lowest BCUT2D eigenvalue weighted by Crippen LogP contribution is -2.28. The summed E-state index contributed by atoms with van der Waals surface area (Å²) < 4.78 is 7.53. The standard InChI is InChI=1S/C22H28N4O2/c1-15-6-7-19-17(14-28-21(19)9-15)10-22(27)25(2)13-18-11-20(24-26(18)3)16-5-4-8-23-12-16/h6-7,9,11,14,16,23H,4-5,8,10,12-13H2,1-3H3/t16-/m0/s1. The van der Waals surface area contributed by atoms with Gasteiger partial charge in [-0.3, -0.25) is 9.48 Å². The normalized spacial score (nSPS) is 17.2. The van der Waals surface area contributed by atoms with Crippen LogP contribution in [0.1, 0.15) is 41.3 Å². The van der Waals surface area contributed by atoms with Crippen molar-refractivity contribution < 1.29 is 9.21 Å². The van der Waals surface area contributed by atoms with Crippen LogP contribution in [0.15, 0.2) is 34.9 Å². The molecule has 4 rings (SSSR count). The first-order valence-electron chi connectivity index (χ1n) is 9.95. The smallest absolute Gasteiger partial charge is 0.227 e. The first-order valence-corrected chi connectivity index (χ1v) is 9.95. The van der Waals surface area contributed by atoms with E-state index in [1.54, 1.807) is 11.2 Å². The van der Waals surface area contributed by atoms with Crippen molar-refractivity contribution in [3.8, 4) is 0 Å². The average molecular weight is 380 g/mol. The predicted octanol–water partition coefficient (Wildman–Crippen LogP) is 3.14. The molecule has 0 spiro atoms. The number of hydrogen-bond donors (Lipinski definition) is 1. The molecule has 1 saturated heterocycles. The number of nitrogens with zero attached hydrogens (tertiary/aromatic N) is 3. The van der Waals surface area contributed by atoms with Crippen molar-refractivity contribution in [3.05, 3.63) is 53.0 Å². The van der Waals surface area contributed by atoms with E-state index in [1.165, 1.54) is 12.8 Å². The molecule has 1 fully saturated rings. The molecule has 0 bridgehead atoms. The maximum Gasteiger partial charge on any atom is 0.227 e. The van der Waals surface area contributed by atoms with Crippen molar-refractivity contribution in [3.63, 3.8) is 0 Å². The maximum absolute atomic E-state index is 12.8. The van der Waals surface area contributed by atoms with E-state index in [1.807, 2.05) is 43.9 Å². The SMILES string of the molecule is Cc1ccc2c(CC(=O)N(C)Cc3cc([C@H]4CCCNC4)nn3C)coc2c1. The van der Waals surface area contributed by atoms with Gasteiger partial charge in [-0.05, 0) is 44.0 Å². The van der Waals surface area contributed by atoms with Crippen LogP contribution in [0.4, 0.5) is 0 Å². The summed E-state index contributed by atoms with van der Waals surface area (Å²) in [5.41, 5.74) is 5.11. The maximum atomic E-state index is 12.8. The fourth-order valence-electron chi connectivity index (χ4n) is 3.94. The Hall–Kier alpha value is -2.60.